The number of amides is 4. The Hall–Kier alpha value is -5.00. The van der Waals surface area contributed by atoms with Crippen LogP contribution in [0.4, 0.5) is 16.2 Å². The highest BCUT2D eigenvalue weighted by Gasteiger charge is 2.31. The number of nitrogens with zero attached hydrogens (tertiary/aromatic N) is 2. The van der Waals surface area contributed by atoms with Crippen molar-refractivity contribution in [2.45, 2.75) is 24.9 Å². The lowest BCUT2D eigenvalue weighted by molar-refractivity contribution is -0.120. The van der Waals surface area contributed by atoms with Gasteiger partial charge < -0.3 is 15.1 Å². The standard InChI is InChI=1S/C33H35N5O5S/c1-37(27-19-11-5-12-20-27)31(39)29(23-25-15-7-3-8-16-25)34-33(41)36-44(42,43)35-30(24-26-17-9-4-10-18-26)32(40)38(2)28-21-13-6-14-22-28/h3-22,29-30,35H,23-24H2,1-2H3,(H2,34,36,41)/t29-,30-/m0/s1. The van der Waals surface area contributed by atoms with Gasteiger partial charge in [-0.3, -0.25) is 9.59 Å². The van der Waals surface area contributed by atoms with Crippen LogP contribution in [-0.4, -0.2) is 52.4 Å². The molecule has 0 aliphatic carbocycles. The molecule has 4 aromatic rings. The normalized spacial score (nSPS) is 12.4. The maximum absolute atomic E-state index is 13.5. The summed E-state index contributed by atoms with van der Waals surface area (Å²) < 4.78 is 30.7. The third-order valence-corrected chi connectivity index (χ3v) is 7.99. The van der Waals surface area contributed by atoms with E-state index in [-0.39, 0.29) is 12.8 Å². The average molecular weight is 614 g/mol. The van der Waals surface area contributed by atoms with Gasteiger partial charge in [-0.05, 0) is 41.8 Å². The van der Waals surface area contributed by atoms with Gasteiger partial charge >= 0.3 is 16.2 Å². The van der Waals surface area contributed by atoms with Crippen LogP contribution in [0.15, 0.2) is 121 Å². The second kappa shape index (κ2) is 14.9. The van der Waals surface area contributed by atoms with Gasteiger partial charge in [0.1, 0.15) is 12.1 Å². The van der Waals surface area contributed by atoms with Crippen molar-refractivity contribution >= 4 is 39.4 Å². The summed E-state index contributed by atoms with van der Waals surface area (Å²) >= 11 is 0. The monoisotopic (exact) mass is 613 g/mol. The first-order valence-corrected chi connectivity index (χ1v) is 15.4. The van der Waals surface area contributed by atoms with Crippen molar-refractivity contribution in [1.82, 2.24) is 14.8 Å². The molecule has 0 aromatic heterocycles. The van der Waals surface area contributed by atoms with Crippen molar-refractivity contribution in [2.24, 2.45) is 0 Å². The van der Waals surface area contributed by atoms with E-state index >= 15 is 0 Å². The summed E-state index contributed by atoms with van der Waals surface area (Å²) in [6.07, 6.45) is 0.158. The molecule has 4 rings (SSSR count). The lowest BCUT2D eigenvalue weighted by Crippen LogP contribution is -2.57. The smallest absolute Gasteiger partial charge is 0.325 e. The van der Waals surface area contributed by atoms with Gasteiger partial charge in [0.15, 0.2) is 0 Å². The number of urea groups is 1. The molecule has 10 nitrogen and oxygen atoms in total. The van der Waals surface area contributed by atoms with E-state index in [0.717, 1.165) is 11.1 Å². The summed E-state index contributed by atoms with van der Waals surface area (Å²) in [6.45, 7) is 0. The van der Waals surface area contributed by atoms with Crippen LogP contribution in [0.25, 0.3) is 0 Å². The van der Waals surface area contributed by atoms with Gasteiger partial charge in [-0.2, -0.15) is 13.1 Å². The molecule has 4 amide bonds. The summed E-state index contributed by atoms with van der Waals surface area (Å²) in [6, 6.07) is 32.3. The average Bonchev–Trinajstić information content (AvgIpc) is 3.04. The van der Waals surface area contributed by atoms with Crippen molar-refractivity contribution in [1.29, 1.82) is 0 Å². The lowest BCUT2D eigenvalue weighted by atomic mass is 10.0. The first-order chi connectivity index (χ1) is 21.1. The molecule has 0 unspecified atom stereocenters. The van der Waals surface area contributed by atoms with Gasteiger partial charge in [-0.1, -0.05) is 97.1 Å². The third kappa shape index (κ3) is 9.00. The molecule has 0 fully saturated rings. The fourth-order valence-corrected chi connectivity index (χ4v) is 5.55. The minimum absolute atomic E-state index is 0.0381. The van der Waals surface area contributed by atoms with E-state index in [1.165, 1.54) is 9.80 Å². The predicted molar refractivity (Wildman–Crippen MR) is 171 cm³/mol. The Kier molecular flexibility index (Phi) is 10.8. The number of para-hydroxylation sites is 2. The SMILES string of the molecule is CN(C(=O)[C@H](Cc1ccccc1)NC(=O)NS(=O)(=O)N[C@@H](Cc1ccccc1)C(=O)N(C)c1ccccc1)c1ccccc1. The number of anilines is 2. The summed E-state index contributed by atoms with van der Waals surface area (Å²) in [5, 5.41) is 2.52. The molecule has 228 valence electrons. The van der Waals surface area contributed by atoms with Gasteiger partial charge in [0.25, 0.3) is 0 Å². The molecule has 0 saturated heterocycles. The maximum Gasteiger partial charge on any atom is 0.330 e. The van der Waals surface area contributed by atoms with E-state index in [1.54, 1.807) is 86.9 Å². The molecule has 3 N–H and O–H groups in total. The number of hydrogen-bond donors (Lipinski definition) is 3. The van der Waals surface area contributed by atoms with Crippen molar-refractivity contribution < 1.29 is 22.8 Å². The Balaban J connectivity index is 1.51. The van der Waals surface area contributed by atoms with E-state index in [1.807, 2.05) is 53.3 Å². The minimum Gasteiger partial charge on any atom is -0.325 e. The number of nitrogens with one attached hydrogen (secondary N) is 3. The Morgan fingerprint density at radius 1 is 0.591 bits per heavy atom. The van der Waals surface area contributed by atoms with Gasteiger partial charge in [0.2, 0.25) is 11.8 Å². The molecular weight excluding hydrogens is 578 g/mol. The van der Waals surface area contributed by atoms with E-state index in [0.29, 0.717) is 11.4 Å². The summed E-state index contributed by atoms with van der Waals surface area (Å²) in [5.74, 6) is -0.963. The fourth-order valence-electron chi connectivity index (χ4n) is 4.63. The van der Waals surface area contributed by atoms with Crippen molar-refractivity contribution in [2.75, 3.05) is 23.9 Å². The van der Waals surface area contributed by atoms with Crippen LogP contribution in [0.5, 0.6) is 0 Å². The molecule has 44 heavy (non-hydrogen) atoms. The molecule has 0 radical (unpaired) electrons. The van der Waals surface area contributed by atoms with E-state index in [4.69, 9.17) is 0 Å². The molecule has 0 aliphatic rings. The Morgan fingerprint density at radius 2 is 0.955 bits per heavy atom. The number of carbonyl (C=O) groups excluding carboxylic acids is 3. The van der Waals surface area contributed by atoms with Crippen LogP contribution in [0.3, 0.4) is 0 Å². The topological polar surface area (TPSA) is 128 Å². The fraction of sp³-hybridized carbons (Fsp3) is 0.182. The first kappa shape index (κ1) is 31.9. The van der Waals surface area contributed by atoms with Crippen LogP contribution in [0.1, 0.15) is 11.1 Å². The summed E-state index contributed by atoms with van der Waals surface area (Å²) in [4.78, 5) is 42.8. The van der Waals surface area contributed by atoms with Crippen LogP contribution in [0.2, 0.25) is 0 Å². The van der Waals surface area contributed by atoms with Gasteiger partial charge in [-0.15, -0.1) is 0 Å². The van der Waals surface area contributed by atoms with E-state index in [9.17, 15) is 22.8 Å². The molecule has 0 aliphatic heterocycles. The third-order valence-electron chi connectivity index (χ3n) is 6.94. The molecule has 0 heterocycles. The Bertz CT molecular complexity index is 1640. The van der Waals surface area contributed by atoms with E-state index in [2.05, 4.69) is 10.0 Å². The number of rotatable bonds is 12. The van der Waals surface area contributed by atoms with Gasteiger partial charge in [0, 0.05) is 31.9 Å². The summed E-state index contributed by atoms with van der Waals surface area (Å²) in [5.41, 5.74) is 2.67. The minimum atomic E-state index is -4.56. The highest BCUT2D eigenvalue weighted by atomic mass is 32.2. The number of benzene rings is 4. The van der Waals surface area contributed by atoms with Crippen molar-refractivity contribution in [3.05, 3.63) is 132 Å². The van der Waals surface area contributed by atoms with Crippen LogP contribution >= 0.6 is 0 Å². The highest BCUT2D eigenvalue weighted by molar-refractivity contribution is 7.88. The second-order valence-electron chi connectivity index (χ2n) is 10.1. The van der Waals surface area contributed by atoms with Gasteiger partial charge in [-0.25, -0.2) is 9.52 Å². The molecular formula is C33H35N5O5S. The Labute approximate surface area is 257 Å². The zero-order chi connectivity index (χ0) is 31.5. The van der Waals surface area contributed by atoms with Crippen LogP contribution < -0.4 is 24.6 Å². The molecule has 0 bridgehead atoms. The number of carbonyl (C=O) groups is 3. The second-order valence-corrected chi connectivity index (χ2v) is 11.6. The van der Waals surface area contributed by atoms with Crippen LogP contribution in [0, 0.1) is 0 Å². The molecule has 2 atom stereocenters. The number of likely N-dealkylation sites (N-methyl/N-ethyl adjacent to an activating group) is 2. The zero-order valence-corrected chi connectivity index (χ0v) is 25.3. The van der Waals surface area contributed by atoms with Gasteiger partial charge in [0.05, 0.1) is 0 Å². The largest absolute Gasteiger partial charge is 0.330 e. The van der Waals surface area contributed by atoms with Crippen molar-refractivity contribution in [3.63, 3.8) is 0 Å². The predicted octanol–water partition coefficient (Wildman–Crippen LogP) is 3.67. The summed E-state index contributed by atoms with van der Waals surface area (Å²) in [7, 11) is -1.43. The zero-order valence-electron chi connectivity index (χ0n) is 24.5. The lowest BCUT2D eigenvalue weighted by Gasteiger charge is -2.26. The van der Waals surface area contributed by atoms with E-state index < -0.39 is 40.1 Å². The quantitative estimate of drug-likeness (QED) is 0.225. The Morgan fingerprint density at radius 3 is 1.39 bits per heavy atom. The molecule has 0 saturated carbocycles. The molecule has 4 aromatic carbocycles. The number of hydrogen-bond acceptors (Lipinski definition) is 5. The maximum atomic E-state index is 13.5. The molecule has 0 spiro atoms. The molecule has 11 heteroatoms. The first-order valence-electron chi connectivity index (χ1n) is 14.0. The van der Waals surface area contributed by atoms with Crippen molar-refractivity contribution in [3.8, 4) is 0 Å². The highest BCUT2D eigenvalue weighted by Crippen LogP contribution is 2.16. The van der Waals surface area contributed by atoms with Crippen LogP contribution in [-0.2, 0) is 32.6 Å².